The molecule has 1 aliphatic heterocycles. The molecule has 0 atom stereocenters. The van der Waals surface area contributed by atoms with E-state index in [2.05, 4.69) is 39.3 Å². The smallest absolute Gasteiger partial charge is 0.0995 e. The first kappa shape index (κ1) is 12.1. The average molecular weight is 250 g/mol. The van der Waals surface area contributed by atoms with Gasteiger partial charge >= 0.3 is 0 Å². The molecule has 2 aromatic rings. The molecule has 0 saturated carbocycles. The molecule has 0 aliphatic carbocycles. The normalized spacial score (nSPS) is 13.9. The zero-order valence-corrected chi connectivity index (χ0v) is 10.6. The Labute approximate surface area is 107 Å². The number of nitrogens with zero attached hydrogens (tertiary/aromatic N) is 2. The SMILES string of the molecule is Cc1cn(-c2ccc3c(c2)CCNC3)cn1.Cl. The Morgan fingerprint density at radius 1 is 1.29 bits per heavy atom. The van der Waals surface area contributed by atoms with Gasteiger partial charge < -0.3 is 9.88 Å². The van der Waals surface area contributed by atoms with E-state index in [9.17, 15) is 0 Å². The molecule has 2 heterocycles. The van der Waals surface area contributed by atoms with Gasteiger partial charge in [-0.25, -0.2) is 4.98 Å². The third-order valence-corrected chi connectivity index (χ3v) is 3.09. The Kier molecular flexibility index (Phi) is 3.50. The molecule has 17 heavy (non-hydrogen) atoms. The van der Waals surface area contributed by atoms with E-state index < -0.39 is 0 Å². The number of aromatic nitrogens is 2. The number of hydrogen-bond acceptors (Lipinski definition) is 2. The summed E-state index contributed by atoms with van der Waals surface area (Å²) >= 11 is 0. The first-order chi connectivity index (χ1) is 7.83. The number of hydrogen-bond donors (Lipinski definition) is 1. The molecular weight excluding hydrogens is 234 g/mol. The van der Waals surface area contributed by atoms with Crippen molar-refractivity contribution in [2.45, 2.75) is 19.9 Å². The lowest BCUT2D eigenvalue weighted by Crippen LogP contribution is -2.23. The van der Waals surface area contributed by atoms with Crippen molar-refractivity contribution in [2.75, 3.05) is 6.54 Å². The summed E-state index contributed by atoms with van der Waals surface area (Å²) in [7, 11) is 0. The van der Waals surface area contributed by atoms with Gasteiger partial charge in [-0.05, 0) is 43.1 Å². The van der Waals surface area contributed by atoms with Crippen molar-refractivity contribution in [3.63, 3.8) is 0 Å². The highest BCUT2D eigenvalue weighted by atomic mass is 35.5. The molecule has 0 saturated heterocycles. The van der Waals surface area contributed by atoms with E-state index >= 15 is 0 Å². The molecule has 0 spiro atoms. The third kappa shape index (κ3) is 2.35. The topological polar surface area (TPSA) is 29.9 Å². The van der Waals surface area contributed by atoms with Crippen LogP contribution in [-0.2, 0) is 13.0 Å². The first-order valence-electron chi connectivity index (χ1n) is 5.66. The van der Waals surface area contributed by atoms with Crippen LogP contribution >= 0.6 is 12.4 Å². The molecule has 0 bridgehead atoms. The Morgan fingerprint density at radius 2 is 2.18 bits per heavy atom. The van der Waals surface area contributed by atoms with Crippen LogP contribution in [0.25, 0.3) is 5.69 Å². The van der Waals surface area contributed by atoms with Crippen molar-refractivity contribution in [3.05, 3.63) is 47.5 Å². The summed E-state index contributed by atoms with van der Waals surface area (Å²) < 4.78 is 2.08. The molecule has 1 aromatic heterocycles. The molecule has 90 valence electrons. The summed E-state index contributed by atoms with van der Waals surface area (Å²) in [5, 5.41) is 3.39. The monoisotopic (exact) mass is 249 g/mol. The molecule has 0 fully saturated rings. The van der Waals surface area contributed by atoms with Crippen molar-refractivity contribution in [1.82, 2.24) is 14.9 Å². The van der Waals surface area contributed by atoms with Gasteiger partial charge in [-0.15, -0.1) is 12.4 Å². The molecular formula is C13H16ClN3. The Balaban J connectivity index is 0.00000108. The lowest BCUT2D eigenvalue weighted by molar-refractivity contribution is 0.643. The van der Waals surface area contributed by atoms with E-state index in [0.717, 1.165) is 25.2 Å². The van der Waals surface area contributed by atoms with E-state index in [-0.39, 0.29) is 12.4 Å². The van der Waals surface area contributed by atoms with Gasteiger partial charge in [0.1, 0.15) is 0 Å². The molecule has 1 aliphatic rings. The molecule has 3 rings (SSSR count). The van der Waals surface area contributed by atoms with Crippen LogP contribution in [0.15, 0.2) is 30.7 Å². The number of nitrogens with one attached hydrogen (secondary N) is 1. The van der Waals surface area contributed by atoms with Gasteiger partial charge in [0.15, 0.2) is 0 Å². The standard InChI is InChI=1S/C13H15N3.ClH/c1-10-8-16(9-15-10)13-3-2-12-7-14-5-4-11(12)6-13;/h2-3,6,8-9,14H,4-5,7H2,1H3;1H. The fourth-order valence-electron chi connectivity index (χ4n) is 2.19. The van der Waals surface area contributed by atoms with Gasteiger partial charge in [0.05, 0.1) is 12.0 Å². The predicted molar refractivity (Wildman–Crippen MR) is 71.0 cm³/mol. The number of aryl methyl sites for hydroxylation is 1. The molecule has 0 radical (unpaired) electrons. The van der Waals surface area contributed by atoms with Crippen LogP contribution in [0, 0.1) is 6.92 Å². The zero-order chi connectivity index (χ0) is 11.0. The maximum Gasteiger partial charge on any atom is 0.0995 e. The van der Waals surface area contributed by atoms with Crippen molar-refractivity contribution >= 4 is 12.4 Å². The predicted octanol–water partition coefficient (Wildman–Crippen LogP) is 2.25. The number of rotatable bonds is 1. The summed E-state index contributed by atoms with van der Waals surface area (Å²) in [5.74, 6) is 0. The summed E-state index contributed by atoms with van der Waals surface area (Å²) in [6, 6.07) is 6.65. The van der Waals surface area contributed by atoms with Gasteiger partial charge in [0, 0.05) is 18.4 Å². The lowest BCUT2D eigenvalue weighted by Gasteiger charge is -2.17. The second kappa shape index (κ2) is 4.90. The Bertz CT molecular complexity index is 519. The van der Waals surface area contributed by atoms with Crippen LogP contribution in [0.4, 0.5) is 0 Å². The molecule has 1 aromatic carbocycles. The first-order valence-corrected chi connectivity index (χ1v) is 5.66. The maximum absolute atomic E-state index is 4.26. The maximum atomic E-state index is 4.26. The number of fused-ring (bicyclic) bond motifs is 1. The second-order valence-electron chi connectivity index (χ2n) is 4.30. The van der Waals surface area contributed by atoms with Crippen LogP contribution in [0.1, 0.15) is 16.8 Å². The largest absolute Gasteiger partial charge is 0.312 e. The molecule has 4 heteroatoms. The van der Waals surface area contributed by atoms with E-state index in [1.54, 1.807) is 0 Å². The van der Waals surface area contributed by atoms with E-state index in [4.69, 9.17) is 0 Å². The fraction of sp³-hybridized carbons (Fsp3) is 0.308. The van der Waals surface area contributed by atoms with Crippen LogP contribution in [-0.4, -0.2) is 16.1 Å². The number of benzene rings is 1. The van der Waals surface area contributed by atoms with Crippen LogP contribution < -0.4 is 5.32 Å². The van der Waals surface area contributed by atoms with Crippen LogP contribution in [0.2, 0.25) is 0 Å². The molecule has 1 N–H and O–H groups in total. The Hall–Kier alpha value is -1.32. The molecule has 0 unspecified atom stereocenters. The Morgan fingerprint density at radius 3 is 2.94 bits per heavy atom. The summed E-state index contributed by atoms with van der Waals surface area (Å²) in [5.41, 5.74) is 5.15. The van der Waals surface area contributed by atoms with Crippen LogP contribution in [0.3, 0.4) is 0 Å². The minimum Gasteiger partial charge on any atom is -0.312 e. The molecule has 0 amide bonds. The number of imidazole rings is 1. The summed E-state index contributed by atoms with van der Waals surface area (Å²) in [6.07, 6.45) is 5.05. The minimum absolute atomic E-state index is 0. The van der Waals surface area contributed by atoms with Gasteiger partial charge in [-0.3, -0.25) is 0 Å². The summed E-state index contributed by atoms with van der Waals surface area (Å²) in [6.45, 7) is 4.09. The van der Waals surface area contributed by atoms with E-state index in [1.807, 2.05) is 13.3 Å². The molecule has 3 nitrogen and oxygen atoms in total. The highest BCUT2D eigenvalue weighted by Crippen LogP contribution is 2.18. The van der Waals surface area contributed by atoms with Crippen molar-refractivity contribution in [2.24, 2.45) is 0 Å². The van der Waals surface area contributed by atoms with Gasteiger partial charge in [0.25, 0.3) is 0 Å². The third-order valence-electron chi connectivity index (χ3n) is 3.09. The van der Waals surface area contributed by atoms with Crippen molar-refractivity contribution < 1.29 is 0 Å². The van der Waals surface area contributed by atoms with Gasteiger partial charge in [-0.1, -0.05) is 6.07 Å². The average Bonchev–Trinajstić information content (AvgIpc) is 2.75. The van der Waals surface area contributed by atoms with Crippen molar-refractivity contribution in [3.8, 4) is 5.69 Å². The van der Waals surface area contributed by atoms with Crippen LogP contribution in [0.5, 0.6) is 0 Å². The van der Waals surface area contributed by atoms with Crippen molar-refractivity contribution in [1.29, 1.82) is 0 Å². The zero-order valence-electron chi connectivity index (χ0n) is 9.81. The minimum atomic E-state index is 0. The quantitative estimate of drug-likeness (QED) is 0.840. The second-order valence-corrected chi connectivity index (χ2v) is 4.30. The van der Waals surface area contributed by atoms with Gasteiger partial charge in [0.2, 0.25) is 0 Å². The lowest BCUT2D eigenvalue weighted by atomic mass is 10.0. The fourth-order valence-corrected chi connectivity index (χ4v) is 2.19. The number of halogens is 1. The van der Waals surface area contributed by atoms with E-state index in [1.165, 1.54) is 16.8 Å². The highest BCUT2D eigenvalue weighted by Gasteiger charge is 2.09. The van der Waals surface area contributed by atoms with E-state index in [0.29, 0.717) is 0 Å². The summed E-state index contributed by atoms with van der Waals surface area (Å²) in [4.78, 5) is 4.26. The highest BCUT2D eigenvalue weighted by molar-refractivity contribution is 5.85. The van der Waals surface area contributed by atoms with Gasteiger partial charge in [-0.2, -0.15) is 0 Å².